The highest BCUT2D eigenvalue weighted by molar-refractivity contribution is 8.00. The zero-order valence-electron chi connectivity index (χ0n) is 63.3. The van der Waals surface area contributed by atoms with E-state index in [0.717, 1.165) is 50.9 Å². The lowest BCUT2D eigenvalue weighted by atomic mass is 9.71. The molecular weight excluding hydrogens is 1490 g/mol. The van der Waals surface area contributed by atoms with E-state index < -0.39 is 94.0 Å². The maximum absolute atomic E-state index is 14.7. The van der Waals surface area contributed by atoms with Crippen LogP contribution in [-0.4, -0.2) is 193 Å². The number of ketones is 1. The standard InChI is InChI=1S/C40H42N4O9S.C31H31N3O9S.C9H13NO2.ClH/c1-17-10-23-21(12-27(17)46)7-8-42-40(23)15-54-38-30-29(37-36(51-16-52-37)19(3)35(30)53-20(4)45)26(14-50-39(40)48)44-25(13-41)24-11-22-9-18(2)34(49-6)33(47)28(22)31(32(38)44)43(24)5;1-12-6-15-7-16-17(8-32)34-18-9-40-31(38)19(36)10-44-30(24(34)23(33(16)4)20(15)25(37)26(12)39-5)22-21(18)29-28(41-11-42-29)13(2)27(22)43-14(3)35;1-12-9-3-2-7(4-5-10)6-8(9)11;/h9-10,12,24-26,31-32,38,42,46-47H,7-8,11,14-16H2,1-6H3;6,16-18,23-24,30,37H,7,9-11H2,1-5H3;2-3,6,11H,4-5,10H2,1H3;1H/t24?,25-,26-,31+,32+,38+,40?;16?,17-,18-,23+,24+,30+;;/m00../s1. The molecule has 28 nitrogen and oxygen atoms in total. The summed E-state index contributed by atoms with van der Waals surface area (Å²) in [4.78, 5) is 74.3. The number of cyclic esters (lactones) is 1. The number of ether oxygens (including phenoxy) is 11. The second-order valence-corrected chi connectivity index (χ2v) is 31.8. The van der Waals surface area contributed by atoms with Gasteiger partial charge in [-0.1, -0.05) is 18.2 Å². The van der Waals surface area contributed by atoms with Crippen LogP contribution in [0.1, 0.15) is 138 Å². The van der Waals surface area contributed by atoms with Crippen LogP contribution in [0.2, 0.25) is 0 Å². The number of likely N-dealkylation sites (N-methyl/N-ethyl adjacent to an activating group) is 2. The zero-order chi connectivity index (χ0) is 78.1. The van der Waals surface area contributed by atoms with Crippen LogP contribution in [0.3, 0.4) is 0 Å². The Morgan fingerprint density at radius 3 is 1.60 bits per heavy atom. The number of nitrogens with one attached hydrogen (secondary N) is 1. The Morgan fingerprint density at radius 2 is 1.13 bits per heavy atom. The van der Waals surface area contributed by atoms with Gasteiger partial charge in [0, 0.05) is 94.8 Å². The van der Waals surface area contributed by atoms with Gasteiger partial charge in [-0.2, -0.15) is 10.5 Å². The molecule has 12 heterocycles. The number of hydrogen-bond donors (Lipinski definition) is 6. The van der Waals surface area contributed by atoms with Gasteiger partial charge in [0.1, 0.15) is 42.5 Å². The van der Waals surface area contributed by atoms with Crippen LogP contribution in [-0.2, 0) is 64.7 Å². The Morgan fingerprint density at radius 1 is 0.622 bits per heavy atom. The van der Waals surface area contributed by atoms with Gasteiger partial charge >= 0.3 is 23.9 Å². The van der Waals surface area contributed by atoms with Gasteiger partial charge in [-0.15, -0.1) is 35.9 Å². The first-order valence-electron chi connectivity index (χ1n) is 36.4. The van der Waals surface area contributed by atoms with E-state index in [2.05, 4.69) is 43.1 Å². The number of phenols is 4. The Hall–Kier alpha value is -9.60. The number of nitrogens with zero attached hydrogens (tertiary/aromatic N) is 6. The first kappa shape index (κ1) is 78.1. The quantitative estimate of drug-likeness (QED) is 0.0496. The summed E-state index contributed by atoms with van der Waals surface area (Å²) >= 11 is 2.73. The molecule has 111 heavy (non-hydrogen) atoms. The number of carbonyl (C=O) groups excluding carboxylic acids is 5. The SMILES string of the molecule is COc1c(C)cc2c(c1O)[C@@H]1[C@@H]3[C@@H]4SCC(=O)C(=O)OC[C@@H](c5c6c(c(C)c(OC(C)=O)c54)OCO6)N3[C@@H](C#N)C(C2)N1C.COc1c(C)cc2c(c1O)[C@@H]1[C@@H]3[C@@H]4SCC5(NCCc6cc(O)c(C)cc65)C(=O)OC[C@@H](c5c6c(c(C)c(OC(C)=O)c54)OCO6)N3[C@@H](C#N)C(C2)N1C.COc1ccc(CCN)cc1O.Cl. The fourth-order valence-corrected chi connectivity index (χ4v) is 22.1. The van der Waals surface area contributed by atoms with Crippen LogP contribution in [0.4, 0.5) is 0 Å². The molecular formula is C80H87ClN8O20S2. The van der Waals surface area contributed by atoms with E-state index in [0.29, 0.717) is 129 Å². The van der Waals surface area contributed by atoms with Gasteiger partial charge in [0.15, 0.2) is 63.0 Å². The van der Waals surface area contributed by atoms with Gasteiger partial charge in [-0.05, 0) is 150 Å². The number of aryl methyl sites for hydroxylation is 3. The molecule has 31 heteroatoms. The molecule has 586 valence electrons. The number of phenolic OH excluding ortho intramolecular Hbond substituents is 4. The Labute approximate surface area is 655 Å². The monoisotopic (exact) mass is 1580 g/mol. The van der Waals surface area contributed by atoms with E-state index in [-0.39, 0.29) is 85.8 Å². The molecule has 0 amide bonds. The summed E-state index contributed by atoms with van der Waals surface area (Å²) in [6.07, 6.45) is 2.38. The molecule has 12 aliphatic heterocycles. The van der Waals surface area contributed by atoms with E-state index in [1.165, 1.54) is 51.6 Å². The summed E-state index contributed by atoms with van der Waals surface area (Å²) in [5, 5.41) is 68.1. The summed E-state index contributed by atoms with van der Waals surface area (Å²) in [7, 11) is 8.51. The molecule has 8 bridgehead atoms. The molecule has 6 aromatic rings. The molecule has 4 saturated heterocycles. The van der Waals surface area contributed by atoms with Gasteiger partial charge in [-0.25, -0.2) is 9.59 Å². The number of halogens is 1. The number of hydrogen-bond acceptors (Lipinski definition) is 30. The van der Waals surface area contributed by atoms with E-state index in [1.807, 2.05) is 60.0 Å². The van der Waals surface area contributed by atoms with E-state index >= 15 is 0 Å². The first-order chi connectivity index (χ1) is 52.8. The molecule has 13 atom stereocenters. The van der Waals surface area contributed by atoms with Crippen molar-refractivity contribution in [2.45, 2.75) is 151 Å². The number of aromatic hydroxyl groups is 4. The summed E-state index contributed by atoms with van der Waals surface area (Å²) in [5.74, 6) is 0.924. The predicted molar refractivity (Wildman–Crippen MR) is 406 cm³/mol. The topological polar surface area (TPSA) is 366 Å². The molecule has 3 unspecified atom stereocenters. The molecule has 0 radical (unpaired) electrons. The third-order valence-corrected chi connectivity index (χ3v) is 26.4. The van der Waals surface area contributed by atoms with Gasteiger partial charge in [0.25, 0.3) is 0 Å². The first-order valence-corrected chi connectivity index (χ1v) is 38.5. The van der Waals surface area contributed by atoms with Gasteiger partial charge in [0.2, 0.25) is 19.4 Å². The maximum atomic E-state index is 14.7. The number of methoxy groups -OCH3 is 3. The second kappa shape index (κ2) is 30.1. The number of carbonyl (C=O) groups is 5. The van der Waals surface area contributed by atoms with Crippen molar-refractivity contribution in [3.63, 3.8) is 0 Å². The average Bonchev–Trinajstić information content (AvgIpc) is 1.05. The van der Waals surface area contributed by atoms with Crippen LogP contribution in [0, 0.1) is 57.3 Å². The minimum absolute atomic E-state index is 0. The van der Waals surface area contributed by atoms with E-state index in [9.17, 15) is 54.9 Å². The van der Waals surface area contributed by atoms with Crippen molar-refractivity contribution < 1.29 is 96.5 Å². The molecule has 0 aliphatic carbocycles. The highest BCUT2D eigenvalue weighted by Crippen LogP contribution is 2.67. The van der Waals surface area contributed by atoms with Crippen LogP contribution >= 0.6 is 35.9 Å². The summed E-state index contributed by atoms with van der Waals surface area (Å²) in [6.45, 7) is 12.4. The Bertz CT molecular complexity index is 4980. The second-order valence-electron chi connectivity index (χ2n) is 29.5. The summed E-state index contributed by atoms with van der Waals surface area (Å²) < 4.78 is 64.5. The van der Waals surface area contributed by atoms with Crippen LogP contribution in [0.25, 0.3) is 0 Å². The van der Waals surface area contributed by atoms with Crippen molar-refractivity contribution in [1.82, 2.24) is 24.9 Å². The van der Waals surface area contributed by atoms with Crippen molar-refractivity contribution in [2.24, 2.45) is 5.73 Å². The molecule has 4 fully saturated rings. The minimum atomic E-state index is -1.28. The Kier molecular flexibility index (Phi) is 21.2. The molecule has 7 N–H and O–H groups in total. The number of fused-ring (bicyclic) bond motifs is 18. The van der Waals surface area contributed by atoms with Crippen molar-refractivity contribution in [3.8, 4) is 86.9 Å². The lowest BCUT2D eigenvalue weighted by Crippen LogP contribution is -2.69. The largest absolute Gasteiger partial charge is 0.508 e. The zero-order valence-corrected chi connectivity index (χ0v) is 65.7. The van der Waals surface area contributed by atoms with E-state index in [4.69, 9.17) is 57.8 Å². The summed E-state index contributed by atoms with van der Waals surface area (Å²) in [6, 6.07) is 12.8. The van der Waals surface area contributed by atoms with E-state index in [1.54, 1.807) is 32.2 Å². The number of nitriles is 2. The van der Waals surface area contributed by atoms with Crippen molar-refractivity contribution in [1.29, 1.82) is 10.5 Å². The Balaban J connectivity index is 0.000000162. The maximum Gasteiger partial charge on any atom is 0.375 e. The average molecular weight is 1580 g/mol. The van der Waals surface area contributed by atoms with Crippen LogP contribution in [0.5, 0.6) is 74.7 Å². The number of piperazine rings is 2. The van der Waals surface area contributed by atoms with Gasteiger partial charge in [-0.3, -0.25) is 39.3 Å². The summed E-state index contributed by atoms with van der Waals surface area (Å²) in [5.41, 5.74) is 16.0. The number of rotatable bonds is 7. The van der Waals surface area contributed by atoms with Crippen molar-refractivity contribution >= 4 is 65.6 Å². The normalized spacial score (nSPS) is 26.7. The van der Waals surface area contributed by atoms with Crippen molar-refractivity contribution in [2.75, 3.05) is 86.8 Å². The molecule has 18 rings (SSSR count). The minimum Gasteiger partial charge on any atom is -0.508 e. The number of thioether (sulfide) groups is 2. The highest BCUT2D eigenvalue weighted by atomic mass is 35.5. The number of benzene rings is 6. The van der Waals surface area contributed by atoms with Gasteiger partial charge < -0.3 is 78.3 Å². The number of nitrogens with two attached hydrogens (primary N) is 1. The lowest BCUT2D eigenvalue weighted by Gasteiger charge is -2.62. The molecule has 0 aromatic heterocycles. The van der Waals surface area contributed by atoms with Crippen molar-refractivity contribution in [3.05, 3.63) is 131 Å². The molecule has 0 saturated carbocycles. The lowest BCUT2D eigenvalue weighted by molar-refractivity contribution is -0.157. The third kappa shape index (κ3) is 12.4. The fraction of sp³-hybridized carbons (Fsp3) is 0.463. The number of esters is 4. The van der Waals surface area contributed by atoms with Crippen LogP contribution < -0.4 is 53.7 Å². The predicted octanol–water partition coefficient (Wildman–Crippen LogP) is 8.41. The molecule has 6 aromatic carbocycles. The number of Topliss-reactive ketones (excluding diaryl/α,β-unsaturated/α-hetero) is 1. The highest BCUT2D eigenvalue weighted by Gasteiger charge is 2.64. The van der Waals surface area contributed by atoms with Crippen LogP contribution in [0.15, 0.2) is 42.5 Å². The third-order valence-electron chi connectivity index (χ3n) is 23.7. The molecule has 12 aliphatic rings. The smallest absolute Gasteiger partial charge is 0.375 e. The van der Waals surface area contributed by atoms with Gasteiger partial charge in [0.05, 0.1) is 73.9 Å². The molecule has 1 spiro atoms. The fourth-order valence-electron chi connectivity index (χ4n) is 19.1.